The molecule has 1 aliphatic heterocycles. The van der Waals surface area contributed by atoms with Crippen LogP contribution in [0.3, 0.4) is 0 Å². The van der Waals surface area contributed by atoms with Gasteiger partial charge in [0.05, 0.1) is 5.56 Å². The Morgan fingerprint density at radius 2 is 1.80 bits per heavy atom. The largest absolute Gasteiger partial charge is 0.336 e. The van der Waals surface area contributed by atoms with E-state index in [1.807, 2.05) is 4.90 Å². The van der Waals surface area contributed by atoms with Crippen LogP contribution in [-0.4, -0.2) is 47.4 Å². The zero-order valence-corrected chi connectivity index (χ0v) is 13.7. The van der Waals surface area contributed by atoms with Crippen LogP contribution in [-0.2, 0) is 0 Å². The number of amides is 1. The number of piperazine rings is 1. The zero-order valence-electron chi connectivity index (χ0n) is 12.1. The van der Waals surface area contributed by atoms with Gasteiger partial charge in [-0.3, -0.25) is 9.69 Å². The number of hydrogen-bond acceptors (Lipinski definition) is 2. The van der Waals surface area contributed by atoms with Crippen LogP contribution in [0.15, 0.2) is 22.7 Å². The molecule has 1 heterocycles. The summed E-state index contributed by atoms with van der Waals surface area (Å²) in [4.78, 5) is 16.6. The molecule has 0 radical (unpaired) electrons. The third-order valence-electron chi connectivity index (χ3n) is 3.68. The Kier molecular flexibility index (Phi) is 4.49. The first-order valence-electron chi connectivity index (χ1n) is 6.78. The molecular formula is C15H20BrFN2O. The van der Waals surface area contributed by atoms with Crippen LogP contribution < -0.4 is 0 Å². The second kappa shape index (κ2) is 5.82. The first-order chi connectivity index (χ1) is 9.29. The van der Waals surface area contributed by atoms with Gasteiger partial charge in [0.2, 0.25) is 0 Å². The fourth-order valence-electron chi connectivity index (χ4n) is 2.41. The molecule has 1 amide bonds. The first kappa shape index (κ1) is 15.4. The highest BCUT2D eigenvalue weighted by Gasteiger charge is 2.28. The molecule has 1 aliphatic rings. The molecule has 1 aromatic rings. The normalized spacial score (nSPS) is 17.4. The van der Waals surface area contributed by atoms with E-state index in [9.17, 15) is 9.18 Å². The SMILES string of the molecule is CC(C)(C)N1CCN(C(=O)c2ccc(F)cc2Br)CC1. The predicted molar refractivity (Wildman–Crippen MR) is 81.3 cm³/mol. The van der Waals surface area contributed by atoms with Crippen LogP contribution in [0.4, 0.5) is 4.39 Å². The van der Waals surface area contributed by atoms with Crippen LogP contribution >= 0.6 is 15.9 Å². The van der Waals surface area contributed by atoms with E-state index >= 15 is 0 Å². The molecule has 110 valence electrons. The van der Waals surface area contributed by atoms with Gasteiger partial charge in [0.25, 0.3) is 5.91 Å². The monoisotopic (exact) mass is 342 g/mol. The Labute approximate surface area is 127 Å². The molecule has 0 aliphatic carbocycles. The highest BCUT2D eigenvalue weighted by molar-refractivity contribution is 9.10. The van der Waals surface area contributed by atoms with Gasteiger partial charge >= 0.3 is 0 Å². The van der Waals surface area contributed by atoms with Crippen molar-refractivity contribution in [1.82, 2.24) is 9.80 Å². The van der Waals surface area contributed by atoms with E-state index in [1.54, 1.807) is 0 Å². The minimum atomic E-state index is -0.342. The van der Waals surface area contributed by atoms with Crippen LogP contribution in [0, 0.1) is 5.82 Å². The van der Waals surface area contributed by atoms with Gasteiger partial charge in [0.15, 0.2) is 0 Å². The van der Waals surface area contributed by atoms with Gasteiger partial charge in [-0.15, -0.1) is 0 Å². The summed E-state index contributed by atoms with van der Waals surface area (Å²) in [5.41, 5.74) is 0.654. The average Bonchev–Trinajstić information content (AvgIpc) is 2.37. The van der Waals surface area contributed by atoms with E-state index in [0.717, 1.165) is 13.1 Å². The van der Waals surface area contributed by atoms with Gasteiger partial charge < -0.3 is 4.90 Å². The number of halogens is 2. The van der Waals surface area contributed by atoms with Crippen molar-refractivity contribution in [3.8, 4) is 0 Å². The summed E-state index contributed by atoms with van der Waals surface area (Å²) < 4.78 is 13.6. The summed E-state index contributed by atoms with van der Waals surface area (Å²) in [5, 5.41) is 0. The molecule has 1 saturated heterocycles. The highest BCUT2D eigenvalue weighted by Crippen LogP contribution is 2.22. The van der Waals surface area contributed by atoms with E-state index in [-0.39, 0.29) is 17.3 Å². The topological polar surface area (TPSA) is 23.6 Å². The van der Waals surface area contributed by atoms with Crippen molar-refractivity contribution in [2.75, 3.05) is 26.2 Å². The van der Waals surface area contributed by atoms with E-state index in [2.05, 4.69) is 41.6 Å². The molecule has 0 N–H and O–H groups in total. The summed E-state index contributed by atoms with van der Waals surface area (Å²) in [6.07, 6.45) is 0. The molecule has 0 saturated carbocycles. The molecule has 0 unspecified atom stereocenters. The molecule has 0 spiro atoms. The van der Waals surface area contributed by atoms with E-state index in [1.165, 1.54) is 18.2 Å². The maximum Gasteiger partial charge on any atom is 0.255 e. The second-order valence-corrected chi connectivity index (χ2v) is 6.93. The summed E-state index contributed by atoms with van der Waals surface area (Å²) >= 11 is 3.26. The molecule has 0 bridgehead atoms. The van der Waals surface area contributed by atoms with E-state index in [4.69, 9.17) is 0 Å². The fraction of sp³-hybridized carbons (Fsp3) is 0.533. The smallest absolute Gasteiger partial charge is 0.255 e. The van der Waals surface area contributed by atoms with Crippen molar-refractivity contribution in [3.05, 3.63) is 34.1 Å². The zero-order chi connectivity index (χ0) is 14.9. The van der Waals surface area contributed by atoms with Gasteiger partial charge in [-0.2, -0.15) is 0 Å². The summed E-state index contributed by atoms with van der Waals surface area (Å²) in [6, 6.07) is 4.19. The lowest BCUT2D eigenvalue weighted by molar-refractivity contribution is 0.0450. The van der Waals surface area contributed by atoms with Gasteiger partial charge in [-0.05, 0) is 54.9 Å². The van der Waals surface area contributed by atoms with Gasteiger partial charge in [-0.1, -0.05) is 0 Å². The van der Waals surface area contributed by atoms with Gasteiger partial charge in [0, 0.05) is 36.2 Å². The molecule has 1 fully saturated rings. The molecule has 0 atom stereocenters. The summed E-state index contributed by atoms with van der Waals surface area (Å²) in [6.45, 7) is 9.70. The molecule has 5 heteroatoms. The number of carbonyl (C=O) groups is 1. The maximum absolute atomic E-state index is 13.1. The quantitative estimate of drug-likeness (QED) is 0.782. The van der Waals surface area contributed by atoms with E-state index in [0.29, 0.717) is 23.1 Å². The van der Waals surface area contributed by atoms with E-state index < -0.39 is 0 Å². The Hall–Kier alpha value is -0.940. The van der Waals surface area contributed by atoms with Crippen molar-refractivity contribution in [2.24, 2.45) is 0 Å². The number of carbonyl (C=O) groups excluding carboxylic acids is 1. The molecule has 0 aromatic heterocycles. The Bertz CT molecular complexity index is 505. The predicted octanol–water partition coefficient (Wildman–Crippen LogP) is 3.14. The van der Waals surface area contributed by atoms with Crippen LogP contribution in [0.2, 0.25) is 0 Å². The second-order valence-electron chi connectivity index (χ2n) is 6.07. The lowest BCUT2D eigenvalue weighted by Crippen LogP contribution is -2.54. The first-order valence-corrected chi connectivity index (χ1v) is 7.58. The average molecular weight is 343 g/mol. The lowest BCUT2D eigenvalue weighted by Gasteiger charge is -2.42. The Morgan fingerprint density at radius 1 is 1.20 bits per heavy atom. The minimum absolute atomic E-state index is 0.0366. The molecule has 2 rings (SSSR count). The third-order valence-corrected chi connectivity index (χ3v) is 4.33. The van der Waals surface area contributed by atoms with Gasteiger partial charge in [0.1, 0.15) is 5.82 Å². The van der Waals surface area contributed by atoms with Crippen LogP contribution in [0.25, 0.3) is 0 Å². The van der Waals surface area contributed by atoms with Crippen LogP contribution in [0.1, 0.15) is 31.1 Å². The van der Waals surface area contributed by atoms with Crippen molar-refractivity contribution in [2.45, 2.75) is 26.3 Å². The summed E-state index contributed by atoms with van der Waals surface area (Å²) in [5.74, 6) is -0.378. The number of rotatable bonds is 1. The Balaban J connectivity index is 2.05. The van der Waals surface area contributed by atoms with Crippen molar-refractivity contribution in [3.63, 3.8) is 0 Å². The number of nitrogens with zero attached hydrogens (tertiary/aromatic N) is 2. The standard InChI is InChI=1S/C15H20BrFN2O/c1-15(2,3)19-8-6-18(7-9-19)14(20)12-5-4-11(17)10-13(12)16/h4-5,10H,6-9H2,1-3H3. The molecule has 20 heavy (non-hydrogen) atoms. The van der Waals surface area contributed by atoms with Crippen molar-refractivity contribution >= 4 is 21.8 Å². The number of benzene rings is 1. The molecular weight excluding hydrogens is 323 g/mol. The van der Waals surface area contributed by atoms with Crippen molar-refractivity contribution in [1.29, 1.82) is 0 Å². The molecule has 1 aromatic carbocycles. The van der Waals surface area contributed by atoms with Gasteiger partial charge in [-0.25, -0.2) is 4.39 Å². The molecule has 3 nitrogen and oxygen atoms in total. The Morgan fingerprint density at radius 3 is 2.30 bits per heavy atom. The third kappa shape index (κ3) is 3.38. The fourth-order valence-corrected chi connectivity index (χ4v) is 2.93. The maximum atomic E-state index is 13.1. The summed E-state index contributed by atoms with van der Waals surface area (Å²) in [7, 11) is 0. The van der Waals surface area contributed by atoms with Crippen LogP contribution in [0.5, 0.6) is 0 Å². The lowest BCUT2D eigenvalue weighted by atomic mass is 10.0. The minimum Gasteiger partial charge on any atom is -0.336 e. The van der Waals surface area contributed by atoms with Crippen molar-refractivity contribution < 1.29 is 9.18 Å². The number of hydrogen-bond donors (Lipinski definition) is 0. The highest BCUT2D eigenvalue weighted by atomic mass is 79.9.